The van der Waals surface area contributed by atoms with E-state index in [1.54, 1.807) is 17.5 Å². The van der Waals surface area contributed by atoms with Gasteiger partial charge in [-0.25, -0.2) is 9.97 Å². The van der Waals surface area contributed by atoms with Gasteiger partial charge in [0.25, 0.3) is 0 Å². The first-order valence-electron chi connectivity index (χ1n) is 7.64. The van der Waals surface area contributed by atoms with Crippen molar-refractivity contribution in [1.29, 1.82) is 0 Å². The SMILES string of the molecule is NC(=NCCc1nc(C(F)(F)F)cs1)N1CCN(c2nccs2)CC1. The zero-order valence-corrected chi connectivity index (χ0v) is 14.9. The topological polar surface area (TPSA) is 70.6 Å². The van der Waals surface area contributed by atoms with Gasteiger partial charge in [0, 0.05) is 56.1 Å². The zero-order valence-electron chi connectivity index (χ0n) is 13.2. The summed E-state index contributed by atoms with van der Waals surface area (Å²) in [4.78, 5) is 16.3. The van der Waals surface area contributed by atoms with Crippen LogP contribution in [-0.4, -0.2) is 53.6 Å². The highest BCUT2D eigenvalue weighted by Gasteiger charge is 2.33. The second-order valence-electron chi connectivity index (χ2n) is 5.40. The molecule has 0 atom stereocenters. The summed E-state index contributed by atoms with van der Waals surface area (Å²) >= 11 is 2.60. The van der Waals surface area contributed by atoms with E-state index in [0.717, 1.165) is 48.0 Å². The first-order chi connectivity index (χ1) is 11.9. The molecule has 1 saturated heterocycles. The lowest BCUT2D eigenvalue weighted by atomic mass is 10.3. The van der Waals surface area contributed by atoms with Crippen molar-refractivity contribution in [1.82, 2.24) is 14.9 Å². The Bertz CT molecular complexity index is 704. The molecule has 2 aromatic rings. The molecule has 1 aliphatic heterocycles. The molecular formula is C14H17F3N6S2. The van der Waals surface area contributed by atoms with Gasteiger partial charge in [-0.3, -0.25) is 4.99 Å². The Hall–Kier alpha value is -1.88. The van der Waals surface area contributed by atoms with Crippen molar-refractivity contribution in [2.75, 3.05) is 37.6 Å². The normalized spacial score (nSPS) is 16.5. The minimum Gasteiger partial charge on any atom is -0.370 e. The van der Waals surface area contributed by atoms with Crippen LogP contribution in [0.15, 0.2) is 21.9 Å². The third-order valence-electron chi connectivity index (χ3n) is 3.74. The summed E-state index contributed by atoms with van der Waals surface area (Å²) in [6, 6.07) is 0. The number of nitrogens with zero attached hydrogens (tertiary/aromatic N) is 5. The Labute approximate surface area is 150 Å². The molecule has 0 bridgehead atoms. The van der Waals surface area contributed by atoms with Crippen molar-refractivity contribution in [2.45, 2.75) is 12.6 Å². The summed E-state index contributed by atoms with van der Waals surface area (Å²) in [6.45, 7) is 3.43. The molecule has 2 aromatic heterocycles. The quantitative estimate of drug-likeness (QED) is 0.641. The number of alkyl halides is 3. The average molecular weight is 390 g/mol. The van der Waals surface area contributed by atoms with Crippen molar-refractivity contribution < 1.29 is 13.2 Å². The van der Waals surface area contributed by atoms with E-state index in [9.17, 15) is 13.2 Å². The standard InChI is InChI=1S/C14H17F3N6S2/c15-14(16,17)10-9-25-11(21-10)1-2-19-12(18)22-4-6-23(7-5-22)13-20-3-8-24-13/h3,8-9H,1-2,4-7H2,(H2,18,19). The maximum Gasteiger partial charge on any atom is 0.434 e. The van der Waals surface area contributed by atoms with Gasteiger partial charge in [-0.2, -0.15) is 13.2 Å². The van der Waals surface area contributed by atoms with Gasteiger partial charge in [-0.1, -0.05) is 0 Å². The lowest BCUT2D eigenvalue weighted by Crippen LogP contribution is -2.51. The summed E-state index contributed by atoms with van der Waals surface area (Å²) in [5, 5.41) is 4.39. The number of nitrogens with two attached hydrogens (primary N) is 1. The van der Waals surface area contributed by atoms with Crippen LogP contribution < -0.4 is 10.6 Å². The molecule has 0 spiro atoms. The van der Waals surface area contributed by atoms with E-state index >= 15 is 0 Å². The van der Waals surface area contributed by atoms with Crippen molar-refractivity contribution in [3.8, 4) is 0 Å². The number of thiazole rings is 2. The second kappa shape index (κ2) is 7.56. The Kier molecular flexibility index (Phi) is 5.42. The highest BCUT2D eigenvalue weighted by molar-refractivity contribution is 7.13. The van der Waals surface area contributed by atoms with Crippen LogP contribution in [0.1, 0.15) is 10.7 Å². The van der Waals surface area contributed by atoms with Gasteiger partial charge in [0.05, 0.1) is 5.01 Å². The largest absolute Gasteiger partial charge is 0.434 e. The van der Waals surface area contributed by atoms with Crippen LogP contribution >= 0.6 is 22.7 Å². The predicted octanol–water partition coefficient (Wildman–Crippen LogP) is 2.30. The molecule has 2 N–H and O–H groups in total. The van der Waals surface area contributed by atoms with Crippen molar-refractivity contribution in [3.05, 3.63) is 27.7 Å². The smallest absolute Gasteiger partial charge is 0.370 e. The van der Waals surface area contributed by atoms with Gasteiger partial charge in [-0.05, 0) is 0 Å². The number of halogens is 3. The molecule has 0 saturated carbocycles. The van der Waals surface area contributed by atoms with Crippen LogP contribution in [-0.2, 0) is 12.6 Å². The summed E-state index contributed by atoms with van der Waals surface area (Å²) in [5.41, 5.74) is 5.15. The summed E-state index contributed by atoms with van der Waals surface area (Å²) in [7, 11) is 0. The monoisotopic (exact) mass is 390 g/mol. The minimum atomic E-state index is -4.39. The summed E-state index contributed by atoms with van der Waals surface area (Å²) < 4.78 is 37.5. The molecule has 3 rings (SSSR count). The lowest BCUT2D eigenvalue weighted by Gasteiger charge is -2.35. The first-order valence-corrected chi connectivity index (χ1v) is 9.40. The lowest BCUT2D eigenvalue weighted by molar-refractivity contribution is -0.140. The summed E-state index contributed by atoms with van der Waals surface area (Å²) in [5.74, 6) is 0.423. The molecule has 25 heavy (non-hydrogen) atoms. The first kappa shape index (κ1) is 17.9. The number of guanidine groups is 1. The number of aromatic nitrogens is 2. The van der Waals surface area contributed by atoms with Crippen molar-refractivity contribution >= 4 is 33.8 Å². The number of piperazine rings is 1. The molecule has 1 aliphatic rings. The fourth-order valence-corrected chi connectivity index (χ4v) is 3.91. The molecular weight excluding hydrogens is 373 g/mol. The molecule has 11 heteroatoms. The van der Waals surface area contributed by atoms with E-state index in [4.69, 9.17) is 5.73 Å². The van der Waals surface area contributed by atoms with Crippen molar-refractivity contribution in [2.24, 2.45) is 10.7 Å². The molecule has 1 fully saturated rings. The Morgan fingerprint density at radius 1 is 1.24 bits per heavy atom. The molecule has 0 amide bonds. The Morgan fingerprint density at radius 2 is 2.00 bits per heavy atom. The molecule has 3 heterocycles. The Balaban J connectivity index is 1.47. The number of rotatable bonds is 4. The third kappa shape index (κ3) is 4.60. The molecule has 136 valence electrons. The van der Waals surface area contributed by atoms with E-state index < -0.39 is 11.9 Å². The Morgan fingerprint density at radius 3 is 2.60 bits per heavy atom. The summed E-state index contributed by atoms with van der Waals surface area (Å²) in [6.07, 6.45) is -2.26. The highest BCUT2D eigenvalue weighted by Crippen LogP contribution is 2.30. The van der Waals surface area contributed by atoms with Gasteiger partial charge in [0.2, 0.25) is 0 Å². The average Bonchev–Trinajstić information content (AvgIpc) is 3.26. The predicted molar refractivity (Wildman–Crippen MR) is 93.2 cm³/mol. The van der Waals surface area contributed by atoms with Crippen LogP contribution in [0, 0.1) is 0 Å². The maximum absolute atomic E-state index is 12.5. The van der Waals surface area contributed by atoms with Crippen LogP contribution in [0.4, 0.5) is 18.3 Å². The fourth-order valence-electron chi connectivity index (χ4n) is 2.42. The fraction of sp³-hybridized carbons (Fsp3) is 0.500. The molecule has 0 aromatic carbocycles. The van der Waals surface area contributed by atoms with Crippen LogP contribution in [0.5, 0.6) is 0 Å². The highest BCUT2D eigenvalue weighted by atomic mass is 32.1. The van der Waals surface area contributed by atoms with Crippen LogP contribution in [0.25, 0.3) is 0 Å². The molecule has 0 aliphatic carbocycles. The number of aliphatic imine (C=N–C) groups is 1. The van der Waals surface area contributed by atoms with E-state index in [1.807, 2.05) is 10.3 Å². The van der Waals surface area contributed by atoms with Gasteiger partial charge in [-0.15, -0.1) is 22.7 Å². The van der Waals surface area contributed by atoms with E-state index in [0.29, 0.717) is 23.9 Å². The molecule has 0 radical (unpaired) electrons. The van der Waals surface area contributed by atoms with E-state index in [1.165, 1.54) is 0 Å². The number of hydrogen-bond acceptors (Lipinski definition) is 6. The van der Waals surface area contributed by atoms with Gasteiger partial charge >= 0.3 is 6.18 Å². The van der Waals surface area contributed by atoms with Gasteiger partial charge in [0.1, 0.15) is 0 Å². The zero-order chi connectivity index (χ0) is 17.9. The van der Waals surface area contributed by atoms with Gasteiger partial charge in [0.15, 0.2) is 16.8 Å². The second-order valence-corrected chi connectivity index (χ2v) is 7.22. The van der Waals surface area contributed by atoms with E-state index in [-0.39, 0.29) is 0 Å². The minimum absolute atomic E-state index is 0.323. The van der Waals surface area contributed by atoms with Gasteiger partial charge < -0.3 is 15.5 Å². The van der Waals surface area contributed by atoms with Crippen molar-refractivity contribution in [3.63, 3.8) is 0 Å². The van der Waals surface area contributed by atoms with E-state index in [2.05, 4.69) is 19.9 Å². The maximum atomic E-state index is 12.5. The molecule has 0 unspecified atom stereocenters. The number of hydrogen-bond donors (Lipinski definition) is 1. The van der Waals surface area contributed by atoms with Crippen LogP contribution in [0.2, 0.25) is 0 Å². The third-order valence-corrected chi connectivity index (χ3v) is 5.48. The molecule has 6 nitrogen and oxygen atoms in total. The van der Waals surface area contributed by atoms with Crippen LogP contribution in [0.3, 0.4) is 0 Å². The number of anilines is 1.